The molecule has 0 fully saturated rings. The number of urea groups is 1. The second kappa shape index (κ2) is 7.06. The number of rotatable bonds is 5. The molecule has 0 aliphatic heterocycles. The Labute approximate surface area is 112 Å². The highest BCUT2D eigenvalue weighted by molar-refractivity contribution is 5.89. The fraction of sp³-hybridized carbons (Fsp3) is 0.133. The van der Waals surface area contributed by atoms with Crippen molar-refractivity contribution in [1.29, 1.82) is 0 Å². The van der Waals surface area contributed by atoms with E-state index in [0.717, 1.165) is 11.4 Å². The highest BCUT2D eigenvalue weighted by Crippen LogP contribution is 2.07. The quantitative estimate of drug-likeness (QED) is 0.808. The SMILES string of the molecule is O=C(NCCOc1ccccc1)Nc1ccccc1. The van der Waals surface area contributed by atoms with Crippen LogP contribution in [-0.4, -0.2) is 19.2 Å². The van der Waals surface area contributed by atoms with E-state index >= 15 is 0 Å². The van der Waals surface area contributed by atoms with Crippen LogP contribution < -0.4 is 15.4 Å². The minimum Gasteiger partial charge on any atom is -0.492 e. The molecule has 4 nitrogen and oxygen atoms in total. The molecule has 2 amide bonds. The van der Waals surface area contributed by atoms with Crippen molar-refractivity contribution in [2.75, 3.05) is 18.5 Å². The summed E-state index contributed by atoms with van der Waals surface area (Å²) < 4.78 is 5.46. The van der Waals surface area contributed by atoms with Crippen LogP contribution in [0.25, 0.3) is 0 Å². The van der Waals surface area contributed by atoms with Gasteiger partial charge in [0.25, 0.3) is 0 Å². The summed E-state index contributed by atoms with van der Waals surface area (Å²) in [5.74, 6) is 0.799. The number of benzene rings is 2. The van der Waals surface area contributed by atoms with Crippen molar-refractivity contribution < 1.29 is 9.53 Å². The van der Waals surface area contributed by atoms with Crippen LogP contribution in [0.2, 0.25) is 0 Å². The molecule has 2 N–H and O–H groups in total. The monoisotopic (exact) mass is 256 g/mol. The van der Waals surface area contributed by atoms with Gasteiger partial charge in [0, 0.05) is 5.69 Å². The van der Waals surface area contributed by atoms with Gasteiger partial charge in [0.1, 0.15) is 12.4 Å². The third-order valence-electron chi connectivity index (χ3n) is 2.43. The van der Waals surface area contributed by atoms with Crippen LogP contribution in [0.1, 0.15) is 0 Å². The largest absolute Gasteiger partial charge is 0.492 e. The molecule has 19 heavy (non-hydrogen) atoms. The fourth-order valence-corrected chi connectivity index (χ4v) is 1.55. The molecule has 0 spiro atoms. The first-order valence-corrected chi connectivity index (χ1v) is 6.12. The van der Waals surface area contributed by atoms with Crippen LogP contribution in [0, 0.1) is 0 Å². The molecule has 0 atom stereocenters. The Morgan fingerprint density at radius 2 is 1.58 bits per heavy atom. The van der Waals surface area contributed by atoms with E-state index in [1.807, 2.05) is 60.7 Å². The van der Waals surface area contributed by atoms with E-state index in [2.05, 4.69) is 10.6 Å². The number of hydrogen-bond donors (Lipinski definition) is 2. The van der Waals surface area contributed by atoms with E-state index in [1.54, 1.807) is 0 Å². The summed E-state index contributed by atoms with van der Waals surface area (Å²) in [6.07, 6.45) is 0. The average Bonchev–Trinajstić information content (AvgIpc) is 2.46. The molecule has 0 unspecified atom stereocenters. The molecule has 0 aromatic heterocycles. The van der Waals surface area contributed by atoms with Crippen molar-refractivity contribution in [2.45, 2.75) is 0 Å². The first kappa shape index (κ1) is 13.0. The molecule has 0 saturated heterocycles. The zero-order valence-corrected chi connectivity index (χ0v) is 10.5. The predicted octanol–water partition coefficient (Wildman–Crippen LogP) is 2.89. The Morgan fingerprint density at radius 3 is 2.26 bits per heavy atom. The number of hydrogen-bond acceptors (Lipinski definition) is 2. The van der Waals surface area contributed by atoms with E-state index in [0.29, 0.717) is 13.2 Å². The van der Waals surface area contributed by atoms with Crippen molar-refractivity contribution in [3.05, 3.63) is 60.7 Å². The van der Waals surface area contributed by atoms with Gasteiger partial charge in [-0.2, -0.15) is 0 Å². The lowest BCUT2D eigenvalue weighted by Crippen LogP contribution is -2.32. The standard InChI is InChI=1S/C15H16N2O2/c18-15(17-13-7-3-1-4-8-13)16-11-12-19-14-9-5-2-6-10-14/h1-10H,11-12H2,(H2,16,17,18). The number of carbonyl (C=O) groups is 1. The lowest BCUT2D eigenvalue weighted by molar-refractivity contribution is 0.247. The highest BCUT2D eigenvalue weighted by atomic mass is 16.5. The summed E-state index contributed by atoms with van der Waals surface area (Å²) in [5, 5.41) is 5.46. The van der Waals surface area contributed by atoms with Crippen molar-refractivity contribution in [3.8, 4) is 5.75 Å². The van der Waals surface area contributed by atoms with Crippen molar-refractivity contribution in [3.63, 3.8) is 0 Å². The molecule has 2 aromatic carbocycles. The Morgan fingerprint density at radius 1 is 0.947 bits per heavy atom. The Kier molecular flexibility index (Phi) is 4.81. The summed E-state index contributed by atoms with van der Waals surface area (Å²) in [6, 6.07) is 18.6. The summed E-state index contributed by atoms with van der Waals surface area (Å²) >= 11 is 0. The van der Waals surface area contributed by atoms with Crippen LogP contribution in [0.5, 0.6) is 5.75 Å². The van der Waals surface area contributed by atoms with Crippen LogP contribution >= 0.6 is 0 Å². The number of nitrogens with one attached hydrogen (secondary N) is 2. The van der Waals surface area contributed by atoms with Gasteiger partial charge in [-0.25, -0.2) is 4.79 Å². The summed E-state index contributed by atoms with van der Waals surface area (Å²) in [6.45, 7) is 0.889. The normalized spacial score (nSPS) is 9.68. The zero-order chi connectivity index (χ0) is 13.3. The molecule has 2 aromatic rings. The number of para-hydroxylation sites is 2. The van der Waals surface area contributed by atoms with Crippen LogP contribution in [0.4, 0.5) is 10.5 Å². The van der Waals surface area contributed by atoms with Gasteiger partial charge < -0.3 is 15.4 Å². The molecule has 0 heterocycles. The summed E-state index contributed by atoms with van der Waals surface area (Å²) in [4.78, 5) is 11.5. The third kappa shape index (κ3) is 4.71. The topological polar surface area (TPSA) is 50.4 Å². The van der Waals surface area contributed by atoms with Gasteiger partial charge in [0.15, 0.2) is 0 Å². The number of carbonyl (C=O) groups excluding carboxylic acids is 1. The first-order valence-electron chi connectivity index (χ1n) is 6.12. The van der Waals surface area contributed by atoms with Crippen LogP contribution in [0.3, 0.4) is 0 Å². The van der Waals surface area contributed by atoms with E-state index < -0.39 is 0 Å². The third-order valence-corrected chi connectivity index (χ3v) is 2.43. The molecule has 0 aliphatic rings. The smallest absolute Gasteiger partial charge is 0.319 e. The molecule has 2 rings (SSSR count). The number of anilines is 1. The maximum atomic E-state index is 11.5. The maximum absolute atomic E-state index is 11.5. The maximum Gasteiger partial charge on any atom is 0.319 e. The van der Waals surface area contributed by atoms with Crippen molar-refractivity contribution >= 4 is 11.7 Å². The second-order valence-electron chi connectivity index (χ2n) is 3.91. The molecule has 98 valence electrons. The van der Waals surface area contributed by atoms with Gasteiger partial charge in [-0.1, -0.05) is 36.4 Å². The minimum atomic E-state index is -0.233. The van der Waals surface area contributed by atoms with Crippen molar-refractivity contribution in [2.24, 2.45) is 0 Å². The molecule has 0 radical (unpaired) electrons. The molecular weight excluding hydrogens is 240 g/mol. The summed E-state index contributed by atoms with van der Waals surface area (Å²) in [7, 11) is 0. The molecule has 0 bridgehead atoms. The van der Waals surface area contributed by atoms with Gasteiger partial charge in [-0.3, -0.25) is 0 Å². The summed E-state index contributed by atoms with van der Waals surface area (Å²) in [5.41, 5.74) is 0.768. The first-order chi connectivity index (χ1) is 9.34. The number of ether oxygens (including phenoxy) is 1. The fourth-order valence-electron chi connectivity index (χ4n) is 1.55. The Bertz CT molecular complexity index is 500. The molecule has 0 saturated carbocycles. The minimum absolute atomic E-state index is 0.233. The van der Waals surface area contributed by atoms with Gasteiger partial charge in [0.05, 0.1) is 6.54 Å². The lowest BCUT2D eigenvalue weighted by atomic mass is 10.3. The highest BCUT2D eigenvalue weighted by Gasteiger charge is 2.00. The van der Waals surface area contributed by atoms with Gasteiger partial charge in [0.2, 0.25) is 0 Å². The molecular formula is C15H16N2O2. The number of amides is 2. The van der Waals surface area contributed by atoms with Gasteiger partial charge >= 0.3 is 6.03 Å². The Hall–Kier alpha value is -2.49. The van der Waals surface area contributed by atoms with Crippen molar-refractivity contribution in [1.82, 2.24) is 5.32 Å². The van der Waals surface area contributed by atoms with Crippen LogP contribution in [0.15, 0.2) is 60.7 Å². The van der Waals surface area contributed by atoms with E-state index in [-0.39, 0.29) is 6.03 Å². The second-order valence-corrected chi connectivity index (χ2v) is 3.91. The average molecular weight is 256 g/mol. The Balaban J connectivity index is 1.65. The molecule has 0 aliphatic carbocycles. The molecule has 4 heteroatoms. The van der Waals surface area contributed by atoms with E-state index in [9.17, 15) is 4.79 Å². The van der Waals surface area contributed by atoms with Gasteiger partial charge in [-0.15, -0.1) is 0 Å². The lowest BCUT2D eigenvalue weighted by Gasteiger charge is -2.08. The van der Waals surface area contributed by atoms with Gasteiger partial charge in [-0.05, 0) is 24.3 Å². The predicted molar refractivity (Wildman–Crippen MR) is 75.4 cm³/mol. The van der Waals surface area contributed by atoms with E-state index in [1.165, 1.54) is 0 Å². The van der Waals surface area contributed by atoms with E-state index in [4.69, 9.17) is 4.74 Å². The van der Waals surface area contributed by atoms with Crippen LogP contribution in [-0.2, 0) is 0 Å². The zero-order valence-electron chi connectivity index (χ0n) is 10.5.